The minimum atomic E-state index is -0.296. The van der Waals surface area contributed by atoms with Crippen LogP contribution in [0.4, 0.5) is 21.5 Å². The van der Waals surface area contributed by atoms with Gasteiger partial charge in [0.05, 0.1) is 12.3 Å². The molecule has 0 saturated carbocycles. The first-order valence-corrected chi connectivity index (χ1v) is 8.86. The number of halogens is 1. The van der Waals surface area contributed by atoms with Crippen LogP contribution in [0, 0.1) is 12.4 Å². The van der Waals surface area contributed by atoms with Crippen LogP contribution in [0.25, 0.3) is 4.85 Å². The lowest BCUT2D eigenvalue weighted by Crippen LogP contribution is -2.43. The van der Waals surface area contributed by atoms with E-state index in [0.717, 1.165) is 32.4 Å². The molecule has 1 aliphatic rings. The summed E-state index contributed by atoms with van der Waals surface area (Å²) in [6.07, 6.45) is 3.05. The van der Waals surface area contributed by atoms with E-state index in [9.17, 15) is 4.39 Å². The Balaban J connectivity index is 1.64. The molecular formula is C21H24FN3. The number of hydrogen-bond donors (Lipinski definition) is 0. The standard InChI is InChI=1S/C21H24FN3/c1-4-16-5-8-18(9-6-16)24(3)19-11-13-25(14-12-19)21-10-7-17(23-2)15-20(21)22/h5-10,15,19H,4,11-14H2,1,3H3. The molecule has 0 spiro atoms. The summed E-state index contributed by atoms with van der Waals surface area (Å²) in [6.45, 7) is 10.8. The molecule has 0 N–H and O–H groups in total. The molecule has 4 heteroatoms. The Hall–Kier alpha value is -2.54. The maximum Gasteiger partial charge on any atom is 0.190 e. The Bertz CT molecular complexity index is 756. The normalized spacial score (nSPS) is 15.0. The van der Waals surface area contributed by atoms with Crippen molar-refractivity contribution < 1.29 is 4.39 Å². The van der Waals surface area contributed by atoms with Gasteiger partial charge < -0.3 is 9.80 Å². The van der Waals surface area contributed by atoms with Gasteiger partial charge >= 0.3 is 0 Å². The number of rotatable bonds is 4. The molecule has 1 saturated heterocycles. The van der Waals surface area contributed by atoms with Gasteiger partial charge in [-0.25, -0.2) is 9.24 Å². The third kappa shape index (κ3) is 3.76. The molecule has 1 fully saturated rings. The minimum Gasteiger partial charge on any atom is -0.371 e. The highest BCUT2D eigenvalue weighted by atomic mass is 19.1. The molecule has 25 heavy (non-hydrogen) atoms. The number of nitrogens with zero attached hydrogens (tertiary/aromatic N) is 3. The fourth-order valence-corrected chi connectivity index (χ4v) is 3.49. The molecular weight excluding hydrogens is 313 g/mol. The number of benzene rings is 2. The average molecular weight is 337 g/mol. The van der Waals surface area contributed by atoms with Crippen LogP contribution in [-0.4, -0.2) is 26.2 Å². The first-order valence-electron chi connectivity index (χ1n) is 8.86. The van der Waals surface area contributed by atoms with Gasteiger partial charge in [0.1, 0.15) is 5.82 Å². The summed E-state index contributed by atoms with van der Waals surface area (Å²) in [6, 6.07) is 14.0. The van der Waals surface area contributed by atoms with E-state index in [2.05, 4.69) is 52.9 Å². The van der Waals surface area contributed by atoms with E-state index in [-0.39, 0.29) is 5.82 Å². The SMILES string of the molecule is [C-]#[N+]c1ccc(N2CCC(N(C)c3ccc(CC)cc3)CC2)c(F)c1. The van der Waals surface area contributed by atoms with Crippen LogP contribution in [0.5, 0.6) is 0 Å². The van der Waals surface area contributed by atoms with Crippen molar-refractivity contribution in [2.75, 3.05) is 29.9 Å². The summed E-state index contributed by atoms with van der Waals surface area (Å²) in [5.74, 6) is -0.296. The molecule has 130 valence electrons. The second-order valence-electron chi connectivity index (χ2n) is 6.60. The molecule has 0 atom stereocenters. The van der Waals surface area contributed by atoms with E-state index >= 15 is 0 Å². The van der Waals surface area contributed by atoms with Crippen LogP contribution >= 0.6 is 0 Å². The maximum atomic E-state index is 14.2. The van der Waals surface area contributed by atoms with Gasteiger partial charge in [0.15, 0.2) is 5.69 Å². The van der Waals surface area contributed by atoms with Gasteiger partial charge in [0, 0.05) is 31.9 Å². The van der Waals surface area contributed by atoms with Crippen LogP contribution in [0.3, 0.4) is 0 Å². The zero-order valence-electron chi connectivity index (χ0n) is 14.9. The lowest BCUT2D eigenvalue weighted by molar-refractivity contribution is 0.477. The van der Waals surface area contributed by atoms with E-state index < -0.39 is 0 Å². The number of aryl methyl sites for hydroxylation is 1. The van der Waals surface area contributed by atoms with Crippen molar-refractivity contribution in [2.45, 2.75) is 32.2 Å². The van der Waals surface area contributed by atoms with Crippen molar-refractivity contribution in [3.8, 4) is 0 Å². The third-order valence-corrected chi connectivity index (χ3v) is 5.17. The molecule has 0 unspecified atom stereocenters. The second-order valence-corrected chi connectivity index (χ2v) is 6.60. The van der Waals surface area contributed by atoms with Crippen molar-refractivity contribution in [1.82, 2.24) is 0 Å². The maximum absolute atomic E-state index is 14.2. The molecule has 0 radical (unpaired) electrons. The van der Waals surface area contributed by atoms with E-state index in [1.54, 1.807) is 12.1 Å². The van der Waals surface area contributed by atoms with Crippen molar-refractivity contribution in [1.29, 1.82) is 0 Å². The van der Waals surface area contributed by atoms with Crippen molar-refractivity contribution in [2.24, 2.45) is 0 Å². The van der Waals surface area contributed by atoms with E-state index in [4.69, 9.17) is 6.57 Å². The van der Waals surface area contributed by atoms with Crippen molar-refractivity contribution in [3.63, 3.8) is 0 Å². The second kappa shape index (κ2) is 7.57. The summed E-state index contributed by atoms with van der Waals surface area (Å²) < 4.78 is 14.2. The van der Waals surface area contributed by atoms with Crippen LogP contribution in [0.2, 0.25) is 0 Å². The summed E-state index contributed by atoms with van der Waals surface area (Å²) in [4.78, 5) is 7.72. The molecule has 0 aliphatic carbocycles. The predicted octanol–water partition coefficient (Wildman–Crippen LogP) is 5.04. The van der Waals surface area contributed by atoms with E-state index in [1.807, 2.05) is 0 Å². The van der Waals surface area contributed by atoms with Crippen LogP contribution in [-0.2, 0) is 6.42 Å². The quantitative estimate of drug-likeness (QED) is 0.724. The largest absolute Gasteiger partial charge is 0.371 e. The number of anilines is 2. The van der Waals surface area contributed by atoms with E-state index in [1.165, 1.54) is 17.3 Å². The molecule has 3 rings (SSSR count). The smallest absolute Gasteiger partial charge is 0.190 e. The first-order chi connectivity index (χ1) is 12.1. The highest BCUT2D eigenvalue weighted by Crippen LogP contribution is 2.29. The van der Waals surface area contributed by atoms with Gasteiger partial charge in [-0.1, -0.05) is 25.1 Å². The summed E-state index contributed by atoms with van der Waals surface area (Å²) in [5.41, 5.74) is 3.56. The monoisotopic (exact) mass is 337 g/mol. The predicted molar refractivity (Wildman–Crippen MR) is 102 cm³/mol. The van der Waals surface area contributed by atoms with Crippen LogP contribution in [0.1, 0.15) is 25.3 Å². The summed E-state index contributed by atoms with van der Waals surface area (Å²) in [7, 11) is 2.15. The van der Waals surface area contributed by atoms with Crippen LogP contribution in [0.15, 0.2) is 42.5 Å². The fourth-order valence-electron chi connectivity index (χ4n) is 3.49. The van der Waals surface area contributed by atoms with Crippen LogP contribution < -0.4 is 9.80 Å². The molecule has 0 aromatic heterocycles. The molecule has 1 aliphatic heterocycles. The van der Waals surface area contributed by atoms with Gasteiger partial charge in [0.25, 0.3) is 0 Å². The van der Waals surface area contributed by atoms with Gasteiger partial charge in [-0.2, -0.15) is 0 Å². The molecule has 0 bridgehead atoms. The van der Waals surface area contributed by atoms with Gasteiger partial charge in [0.2, 0.25) is 0 Å². The van der Waals surface area contributed by atoms with Gasteiger partial charge in [-0.3, -0.25) is 0 Å². The zero-order chi connectivity index (χ0) is 17.8. The number of hydrogen-bond acceptors (Lipinski definition) is 2. The number of piperidine rings is 1. The Morgan fingerprint density at radius 1 is 1.16 bits per heavy atom. The first kappa shape index (κ1) is 17.3. The minimum absolute atomic E-state index is 0.296. The zero-order valence-corrected chi connectivity index (χ0v) is 14.9. The van der Waals surface area contributed by atoms with Crippen molar-refractivity contribution in [3.05, 3.63) is 65.3 Å². The molecule has 2 aromatic carbocycles. The fraction of sp³-hybridized carbons (Fsp3) is 0.381. The molecule has 3 nitrogen and oxygen atoms in total. The molecule has 2 aromatic rings. The van der Waals surface area contributed by atoms with Gasteiger partial charge in [-0.15, -0.1) is 0 Å². The Morgan fingerprint density at radius 3 is 2.40 bits per heavy atom. The van der Waals surface area contributed by atoms with E-state index in [0.29, 0.717) is 17.4 Å². The Morgan fingerprint density at radius 2 is 1.84 bits per heavy atom. The Kier molecular flexibility index (Phi) is 5.23. The van der Waals surface area contributed by atoms with Crippen molar-refractivity contribution >= 4 is 17.1 Å². The third-order valence-electron chi connectivity index (χ3n) is 5.17. The molecule has 0 amide bonds. The highest BCUT2D eigenvalue weighted by molar-refractivity contribution is 5.57. The Labute approximate surface area is 149 Å². The lowest BCUT2D eigenvalue weighted by Gasteiger charge is -2.39. The lowest BCUT2D eigenvalue weighted by atomic mass is 10.0. The molecule has 1 heterocycles. The topological polar surface area (TPSA) is 10.8 Å². The average Bonchev–Trinajstić information content (AvgIpc) is 2.67. The highest BCUT2D eigenvalue weighted by Gasteiger charge is 2.24. The summed E-state index contributed by atoms with van der Waals surface area (Å²) in [5, 5.41) is 0. The van der Waals surface area contributed by atoms with Gasteiger partial charge in [-0.05, 0) is 49.1 Å². The summed E-state index contributed by atoms with van der Waals surface area (Å²) >= 11 is 0.